The molecule has 33 heavy (non-hydrogen) atoms. The highest BCUT2D eigenvalue weighted by Gasteiger charge is 2.43. The Morgan fingerprint density at radius 3 is 2.21 bits per heavy atom. The minimum atomic E-state index is 0.179. The molecule has 0 bridgehead atoms. The number of aromatic nitrogens is 2. The molecule has 0 atom stereocenters. The molecule has 0 N–H and O–H groups in total. The SMILES string of the molecule is Cc1cccc(C)c1-c1c[n+]2c3c4c(cccc4c4cc5c(cc4n13)C(C)(C)CC5(C)C)C2. The van der Waals surface area contributed by atoms with Crippen molar-refractivity contribution in [2.75, 3.05) is 0 Å². The van der Waals surface area contributed by atoms with E-state index >= 15 is 0 Å². The van der Waals surface area contributed by atoms with Crippen LogP contribution in [0.2, 0.25) is 0 Å². The predicted octanol–water partition coefficient (Wildman–Crippen LogP) is 7.14. The summed E-state index contributed by atoms with van der Waals surface area (Å²) >= 11 is 0. The normalized spacial score (nSPS) is 17.6. The first-order chi connectivity index (χ1) is 15.7. The van der Waals surface area contributed by atoms with E-state index in [4.69, 9.17) is 0 Å². The Bertz CT molecular complexity index is 1660. The van der Waals surface area contributed by atoms with Gasteiger partial charge in [0, 0.05) is 21.9 Å². The first-order valence-electron chi connectivity index (χ1n) is 12.2. The van der Waals surface area contributed by atoms with Crippen molar-refractivity contribution in [1.82, 2.24) is 4.40 Å². The minimum absolute atomic E-state index is 0.179. The number of pyridine rings is 1. The summed E-state index contributed by atoms with van der Waals surface area (Å²) in [5.41, 5.74) is 12.9. The van der Waals surface area contributed by atoms with Crippen LogP contribution in [0.25, 0.3) is 38.6 Å². The molecule has 0 saturated carbocycles. The van der Waals surface area contributed by atoms with Crippen LogP contribution in [0.3, 0.4) is 0 Å². The maximum Gasteiger partial charge on any atom is 0.295 e. The molecule has 3 aromatic carbocycles. The zero-order chi connectivity index (χ0) is 22.9. The second-order valence-corrected chi connectivity index (χ2v) is 11.8. The van der Waals surface area contributed by atoms with E-state index in [1.54, 1.807) is 0 Å². The van der Waals surface area contributed by atoms with E-state index in [1.807, 2.05) is 0 Å². The van der Waals surface area contributed by atoms with Crippen LogP contribution in [0, 0.1) is 13.8 Å². The highest BCUT2D eigenvalue weighted by molar-refractivity contribution is 6.14. The van der Waals surface area contributed by atoms with Crippen LogP contribution in [0.4, 0.5) is 0 Å². The fourth-order valence-electron chi connectivity index (χ4n) is 7.33. The summed E-state index contributed by atoms with van der Waals surface area (Å²) in [6.07, 6.45) is 3.58. The summed E-state index contributed by atoms with van der Waals surface area (Å²) in [4.78, 5) is 0. The number of imidazole rings is 1. The topological polar surface area (TPSA) is 8.29 Å². The van der Waals surface area contributed by atoms with Crippen LogP contribution in [0.5, 0.6) is 0 Å². The van der Waals surface area contributed by atoms with Crippen molar-refractivity contribution >= 4 is 27.3 Å². The summed E-state index contributed by atoms with van der Waals surface area (Å²) in [7, 11) is 0. The number of hydrogen-bond donors (Lipinski definition) is 0. The highest BCUT2D eigenvalue weighted by atomic mass is 15.1. The van der Waals surface area contributed by atoms with E-state index in [2.05, 4.69) is 105 Å². The first-order valence-corrected chi connectivity index (χ1v) is 12.2. The Morgan fingerprint density at radius 2 is 1.48 bits per heavy atom. The van der Waals surface area contributed by atoms with Crippen molar-refractivity contribution in [2.24, 2.45) is 0 Å². The van der Waals surface area contributed by atoms with E-state index < -0.39 is 0 Å². The van der Waals surface area contributed by atoms with Crippen LogP contribution in [0.1, 0.15) is 61.9 Å². The van der Waals surface area contributed by atoms with Crippen LogP contribution in [-0.2, 0) is 17.4 Å². The molecule has 164 valence electrons. The molecule has 0 spiro atoms. The van der Waals surface area contributed by atoms with Gasteiger partial charge in [-0.25, -0.2) is 4.57 Å². The monoisotopic (exact) mass is 431 g/mol. The summed E-state index contributed by atoms with van der Waals surface area (Å²) in [6, 6.07) is 18.6. The molecule has 0 fully saturated rings. The van der Waals surface area contributed by atoms with Gasteiger partial charge in [-0.05, 0) is 65.5 Å². The largest absolute Gasteiger partial charge is 0.295 e. The van der Waals surface area contributed by atoms with E-state index in [0.29, 0.717) is 0 Å². The molecule has 0 saturated heterocycles. The smallest absolute Gasteiger partial charge is 0.225 e. The van der Waals surface area contributed by atoms with Crippen LogP contribution in [0.15, 0.2) is 54.7 Å². The molecule has 2 nitrogen and oxygen atoms in total. The van der Waals surface area contributed by atoms with Gasteiger partial charge in [-0.1, -0.05) is 64.1 Å². The standard InChI is InChI=1S/C31H31N2/c1-18-9-7-10-19(2)27(18)26-16-32-15-20-11-8-12-21-22-13-23-24(31(5,6)17-30(23,3)4)14-25(22)33(26)29(32)28(20)21/h7-14,16H,15,17H2,1-6H3/q+1. The van der Waals surface area contributed by atoms with Crippen LogP contribution < -0.4 is 4.57 Å². The Labute approximate surface area is 195 Å². The van der Waals surface area contributed by atoms with Crippen molar-refractivity contribution in [3.05, 3.63) is 82.5 Å². The van der Waals surface area contributed by atoms with Crippen molar-refractivity contribution in [1.29, 1.82) is 0 Å². The molecule has 1 aliphatic carbocycles. The Kier molecular flexibility index (Phi) is 3.43. The molecular formula is C31H31N2+. The second-order valence-electron chi connectivity index (χ2n) is 11.8. The van der Waals surface area contributed by atoms with Gasteiger partial charge in [-0.2, -0.15) is 4.40 Å². The minimum Gasteiger partial charge on any atom is -0.225 e. The van der Waals surface area contributed by atoms with Gasteiger partial charge in [0.2, 0.25) is 0 Å². The number of aryl methyl sites for hydroxylation is 2. The van der Waals surface area contributed by atoms with Crippen LogP contribution >= 0.6 is 0 Å². The molecule has 0 radical (unpaired) electrons. The van der Waals surface area contributed by atoms with Gasteiger partial charge in [0.25, 0.3) is 5.65 Å². The molecule has 7 rings (SSSR count). The average Bonchev–Trinajstić information content (AvgIpc) is 3.33. The highest BCUT2D eigenvalue weighted by Crippen LogP contribution is 2.51. The zero-order valence-corrected chi connectivity index (χ0v) is 20.5. The maximum atomic E-state index is 2.57. The Balaban J connectivity index is 1.75. The average molecular weight is 432 g/mol. The molecular weight excluding hydrogens is 400 g/mol. The molecule has 1 aliphatic heterocycles. The molecule has 5 aromatic rings. The van der Waals surface area contributed by atoms with Gasteiger partial charge in [0.05, 0.1) is 5.39 Å². The lowest BCUT2D eigenvalue weighted by Gasteiger charge is -2.22. The number of fused-ring (bicyclic) bond motifs is 4. The lowest BCUT2D eigenvalue weighted by atomic mass is 9.82. The third-order valence-electron chi connectivity index (χ3n) is 8.46. The Hall–Kier alpha value is -3.13. The maximum absolute atomic E-state index is 2.57. The van der Waals surface area contributed by atoms with Gasteiger partial charge in [-0.15, -0.1) is 0 Å². The van der Waals surface area contributed by atoms with E-state index in [-0.39, 0.29) is 10.8 Å². The second kappa shape index (κ2) is 5.86. The number of hydrogen-bond acceptors (Lipinski definition) is 0. The predicted molar refractivity (Wildman–Crippen MR) is 137 cm³/mol. The molecule has 0 amide bonds. The number of benzene rings is 3. The first kappa shape index (κ1) is 19.3. The van der Waals surface area contributed by atoms with Gasteiger partial charge in [0.1, 0.15) is 18.3 Å². The summed E-state index contributed by atoms with van der Waals surface area (Å²) in [5.74, 6) is 0. The summed E-state index contributed by atoms with van der Waals surface area (Å²) < 4.78 is 5.05. The number of rotatable bonds is 1. The van der Waals surface area contributed by atoms with Crippen LogP contribution in [-0.4, -0.2) is 4.40 Å². The molecule has 0 unspecified atom stereocenters. The Morgan fingerprint density at radius 1 is 0.818 bits per heavy atom. The molecule has 2 heteroatoms. The third kappa shape index (κ3) is 2.32. The van der Waals surface area contributed by atoms with E-state index in [9.17, 15) is 0 Å². The van der Waals surface area contributed by atoms with E-state index in [0.717, 1.165) is 6.54 Å². The number of nitrogens with zero attached hydrogens (tertiary/aromatic N) is 2. The van der Waals surface area contributed by atoms with Crippen molar-refractivity contribution in [3.8, 4) is 11.3 Å². The van der Waals surface area contributed by atoms with Crippen molar-refractivity contribution < 1.29 is 4.57 Å². The van der Waals surface area contributed by atoms with Gasteiger partial charge in [0.15, 0.2) is 5.69 Å². The third-order valence-corrected chi connectivity index (χ3v) is 8.46. The molecule has 2 aromatic heterocycles. The summed E-state index contributed by atoms with van der Waals surface area (Å²) in [6.45, 7) is 15.1. The van der Waals surface area contributed by atoms with Gasteiger partial charge in [-0.3, -0.25) is 0 Å². The lowest BCUT2D eigenvalue weighted by molar-refractivity contribution is -0.657. The zero-order valence-electron chi connectivity index (χ0n) is 20.5. The molecule has 3 heterocycles. The molecule has 2 aliphatic rings. The lowest BCUT2D eigenvalue weighted by Crippen LogP contribution is -2.28. The quantitative estimate of drug-likeness (QED) is 0.193. The van der Waals surface area contributed by atoms with Gasteiger partial charge >= 0.3 is 0 Å². The van der Waals surface area contributed by atoms with Gasteiger partial charge < -0.3 is 0 Å². The summed E-state index contributed by atoms with van der Waals surface area (Å²) in [5, 5.41) is 4.22. The van der Waals surface area contributed by atoms with Crippen molar-refractivity contribution in [2.45, 2.75) is 65.3 Å². The fraction of sp³-hybridized carbons (Fsp3) is 0.323. The fourth-order valence-corrected chi connectivity index (χ4v) is 7.33. The van der Waals surface area contributed by atoms with E-state index in [1.165, 1.54) is 72.8 Å². The van der Waals surface area contributed by atoms with Crippen molar-refractivity contribution in [3.63, 3.8) is 0 Å².